The van der Waals surface area contributed by atoms with Crippen LogP contribution in [-0.4, -0.2) is 73.5 Å². The van der Waals surface area contributed by atoms with E-state index >= 15 is 0 Å². The summed E-state index contributed by atoms with van der Waals surface area (Å²) >= 11 is 0. The fraction of sp³-hybridized carbons (Fsp3) is 0.360. The Hall–Kier alpha value is -4.16. The van der Waals surface area contributed by atoms with Gasteiger partial charge in [0.05, 0.1) is 31.2 Å². The number of aromatic nitrogens is 5. The number of ether oxygens (including phenoxy) is 2. The van der Waals surface area contributed by atoms with Gasteiger partial charge in [-0.3, -0.25) is 14.9 Å². The molecule has 0 radical (unpaired) electrons. The number of rotatable bonds is 7. The molecule has 4 N–H and O–H groups in total. The van der Waals surface area contributed by atoms with E-state index < -0.39 is 17.9 Å². The van der Waals surface area contributed by atoms with Gasteiger partial charge in [-0.25, -0.2) is 14.3 Å². The van der Waals surface area contributed by atoms with Gasteiger partial charge in [-0.15, -0.1) is 0 Å². The third kappa shape index (κ3) is 5.65. The maximum absolute atomic E-state index is 12.3. The summed E-state index contributed by atoms with van der Waals surface area (Å²) in [7, 11) is 5.12. The van der Waals surface area contributed by atoms with Crippen molar-refractivity contribution >= 4 is 23.1 Å². The van der Waals surface area contributed by atoms with E-state index in [1.807, 2.05) is 18.3 Å². The first kappa shape index (κ1) is 25.9. The first-order valence-corrected chi connectivity index (χ1v) is 11.6. The van der Waals surface area contributed by atoms with Crippen molar-refractivity contribution in [2.75, 3.05) is 32.3 Å². The Labute approximate surface area is 214 Å². The fourth-order valence-corrected chi connectivity index (χ4v) is 3.80. The second kappa shape index (κ2) is 10.1. The normalized spacial score (nSPS) is 12.6. The zero-order valence-electron chi connectivity index (χ0n) is 21.8. The van der Waals surface area contributed by atoms with Gasteiger partial charge in [0.2, 0.25) is 0 Å². The van der Waals surface area contributed by atoms with E-state index in [0.29, 0.717) is 29.3 Å². The molecule has 3 aromatic heterocycles. The van der Waals surface area contributed by atoms with Crippen LogP contribution in [-0.2, 0) is 11.3 Å². The summed E-state index contributed by atoms with van der Waals surface area (Å²) in [6, 6.07) is 7.33. The molecular weight excluding hydrogens is 476 g/mol. The lowest BCUT2D eigenvalue weighted by molar-refractivity contribution is 0.0232. The number of anilines is 2. The maximum atomic E-state index is 12.3. The zero-order valence-corrected chi connectivity index (χ0v) is 21.8. The van der Waals surface area contributed by atoms with E-state index in [1.54, 1.807) is 67.3 Å². The van der Waals surface area contributed by atoms with Crippen molar-refractivity contribution in [1.29, 1.82) is 0 Å². The average Bonchev–Trinajstić information content (AvgIpc) is 3.43. The number of aliphatic hydroxyl groups excluding tert-OH is 1. The number of methoxy groups -OCH3 is 1. The van der Waals surface area contributed by atoms with Crippen LogP contribution in [0.5, 0.6) is 5.75 Å². The van der Waals surface area contributed by atoms with E-state index in [1.165, 1.54) is 13.4 Å². The standard InChI is InChI=1S/C25H32N8O4/c1-25(2,3)37-24(35)30-18-8-7-15(9-20(18)36-6)17-10-19(33-22(17)23(26)27-14-29-33)16-11-28-32(12-16)13-21(34)31(4)5/h7-12,14,21,34H,13H2,1-6H3,(H,30,35)(H2,26,27,29). The van der Waals surface area contributed by atoms with Gasteiger partial charge >= 0.3 is 6.09 Å². The van der Waals surface area contributed by atoms with Crippen molar-refractivity contribution in [2.45, 2.75) is 39.1 Å². The third-order valence-electron chi connectivity index (χ3n) is 5.61. The van der Waals surface area contributed by atoms with Crippen LogP contribution < -0.4 is 15.8 Å². The van der Waals surface area contributed by atoms with Crippen molar-refractivity contribution < 1.29 is 19.4 Å². The highest BCUT2D eigenvalue weighted by Crippen LogP contribution is 2.38. The lowest BCUT2D eigenvalue weighted by atomic mass is 10.1. The predicted octanol–water partition coefficient (Wildman–Crippen LogP) is 3.08. The summed E-state index contributed by atoms with van der Waals surface area (Å²) < 4.78 is 14.3. The van der Waals surface area contributed by atoms with Gasteiger partial charge in [0.25, 0.3) is 0 Å². The molecule has 0 saturated heterocycles. The number of likely N-dealkylation sites (N-methyl/N-ethyl adjacent to an activating group) is 1. The number of fused-ring (bicyclic) bond motifs is 1. The summed E-state index contributed by atoms with van der Waals surface area (Å²) in [5.74, 6) is 0.756. The number of nitrogens with two attached hydrogens (primary N) is 1. The lowest BCUT2D eigenvalue weighted by Gasteiger charge is -2.20. The van der Waals surface area contributed by atoms with E-state index in [0.717, 1.165) is 22.4 Å². The second-order valence-corrected chi connectivity index (χ2v) is 9.79. The molecule has 0 saturated carbocycles. The van der Waals surface area contributed by atoms with Crippen LogP contribution in [0.2, 0.25) is 0 Å². The van der Waals surface area contributed by atoms with Gasteiger partial charge in [0.15, 0.2) is 5.82 Å². The highest BCUT2D eigenvalue weighted by atomic mass is 16.6. The van der Waals surface area contributed by atoms with Gasteiger partial charge in [-0.2, -0.15) is 10.2 Å². The Morgan fingerprint density at radius 1 is 1.22 bits per heavy atom. The molecule has 0 fully saturated rings. The summed E-state index contributed by atoms with van der Waals surface area (Å²) in [6.07, 6.45) is 3.69. The number of nitrogens with zero attached hydrogens (tertiary/aromatic N) is 6. The number of nitrogen functional groups attached to an aromatic ring is 1. The van der Waals surface area contributed by atoms with Crippen LogP contribution in [0.25, 0.3) is 27.9 Å². The van der Waals surface area contributed by atoms with Crippen LogP contribution in [0.4, 0.5) is 16.3 Å². The molecule has 4 rings (SSSR count). The molecular formula is C25H32N8O4. The number of aliphatic hydroxyl groups is 1. The van der Waals surface area contributed by atoms with Crippen LogP contribution >= 0.6 is 0 Å². The van der Waals surface area contributed by atoms with Crippen LogP contribution in [0.1, 0.15) is 20.8 Å². The van der Waals surface area contributed by atoms with Crippen molar-refractivity contribution in [3.63, 3.8) is 0 Å². The third-order valence-corrected chi connectivity index (χ3v) is 5.61. The maximum Gasteiger partial charge on any atom is 0.412 e. The molecule has 37 heavy (non-hydrogen) atoms. The molecule has 1 atom stereocenters. The van der Waals surface area contributed by atoms with Crippen molar-refractivity contribution in [3.05, 3.63) is 43.0 Å². The van der Waals surface area contributed by atoms with Gasteiger partial charge in [0.1, 0.15) is 29.4 Å². The molecule has 12 nitrogen and oxygen atoms in total. The fourth-order valence-electron chi connectivity index (χ4n) is 3.80. The highest BCUT2D eigenvalue weighted by Gasteiger charge is 2.21. The number of carbonyl (C=O) groups is 1. The Bertz CT molecular complexity index is 1420. The minimum atomic E-state index is -0.675. The molecule has 0 spiro atoms. The molecule has 0 aliphatic carbocycles. The monoisotopic (exact) mass is 508 g/mol. The average molecular weight is 509 g/mol. The molecule has 1 unspecified atom stereocenters. The lowest BCUT2D eigenvalue weighted by Crippen LogP contribution is -2.31. The molecule has 1 amide bonds. The minimum Gasteiger partial charge on any atom is -0.495 e. The van der Waals surface area contributed by atoms with Crippen molar-refractivity contribution in [3.8, 4) is 28.1 Å². The summed E-state index contributed by atoms with van der Waals surface area (Å²) in [4.78, 5) is 18.2. The number of hydrogen-bond acceptors (Lipinski definition) is 9. The molecule has 196 valence electrons. The summed E-state index contributed by atoms with van der Waals surface area (Å²) in [5.41, 5.74) is 9.84. The summed E-state index contributed by atoms with van der Waals surface area (Å²) in [5, 5.41) is 21.7. The Morgan fingerprint density at radius 2 is 1.97 bits per heavy atom. The van der Waals surface area contributed by atoms with Crippen molar-refractivity contribution in [2.24, 2.45) is 0 Å². The molecule has 1 aromatic carbocycles. The zero-order chi connectivity index (χ0) is 26.9. The number of carbonyl (C=O) groups excluding carboxylic acids is 1. The quantitative estimate of drug-likeness (QED) is 0.321. The smallest absolute Gasteiger partial charge is 0.412 e. The van der Waals surface area contributed by atoms with Crippen LogP contribution in [0.3, 0.4) is 0 Å². The highest BCUT2D eigenvalue weighted by molar-refractivity contribution is 5.94. The Morgan fingerprint density at radius 3 is 2.65 bits per heavy atom. The van der Waals surface area contributed by atoms with Gasteiger partial charge < -0.3 is 20.3 Å². The summed E-state index contributed by atoms with van der Waals surface area (Å²) in [6.45, 7) is 5.69. The van der Waals surface area contributed by atoms with E-state index in [-0.39, 0.29) is 0 Å². The van der Waals surface area contributed by atoms with E-state index in [2.05, 4.69) is 20.5 Å². The number of benzene rings is 1. The van der Waals surface area contributed by atoms with E-state index in [4.69, 9.17) is 15.2 Å². The van der Waals surface area contributed by atoms with Gasteiger partial charge in [-0.1, -0.05) is 6.07 Å². The molecule has 4 aromatic rings. The minimum absolute atomic E-state index is 0.307. The molecule has 0 aliphatic rings. The predicted molar refractivity (Wildman–Crippen MR) is 140 cm³/mol. The van der Waals surface area contributed by atoms with Gasteiger partial charge in [-0.05, 0) is 58.6 Å². The van der Waals surface area contributed by atoms with E-state index in [9.17, 15) is 9.90 Å². The van der Waals surface area contributed by atoms with Crippen LogP contribution in [0, 0.1) is 0 Å². The topological polar surface area (TPSA) is 145 Å². The Balaban J connectivity index is 1.73. The SMILES string of the molecule is COc1cc(-c2cc(-c3cnn(CC(O)N(C)C)c3)n3ncnc(N)c23)ccc1NC(=O)OC(C)(C)C. The van der Waals surface area contributed by atoms with Gasteiger partial charge in [0, 0.05) is 17.3 Å². The molecule has 0 aliphatic heterocycles. The van der Waals surface area contributed by atoms with Crippen LogP contribution in [0.15, 0.2) is 43.0 Å². The largest absolute Gasteiger partial charge is 0.495 e. The number of nitrogens with one attached hydrogen (secondary N) is 1. The molecule has 3 heterocycles. The Kier molecular flexibility index (Phi) is 7.05. The molecule has 0 bridgehead atoms. The molecule has 12 heteroatoms. The number of hydrogen-bond donors (Lipinski definition) is 3. The number of amides is 1. The first-order valence-electron chi connectivity index (χ1n) is 11.6. The second-order valence-electron chi connectivity index (χ2n) is 9.79. The van der Waals surface area contributed by atoms with Crippen molar-refractivity contribution in [1.82, 2.24) is 29.3 Å². The first-order chi connectivity index (χ1) is 17.5.